The Kier molecular flexibility index (Phi) is 51.5. The summed E-state index contributed by atoms with van der Waals surface area (Å²) in [5, 5.41) is 0. The van der Waals surface area contributed by atoms with E-state index in [4.69, 9.17) is 14.2 Å². The van der Waals surface area contributed by atoms with Crippen LogP contribution in [0.2, 0.25) is 0 Å². The van der Waals surface area contributed by atoms with Crippen molar-refractivity contribution in [2.75, 3.05) is 13.2 Å². The summed E-state index contributed by atoms with van der Waals surface area (Å²) < 4.78 is 16.9. The van der Waals surface area contributed by atoms with Crippen LogP contribution in [-0.2, 0) is 28.6 Å². The zero-order chi connectivity index (χ0) is 48.2. The van der Waals surface area contributed by atoms with E-state index in [1.54, 1.807) is 0 Å². The number of rotatable bonds is 54. The molecule has 0 saturated carbocycles. The molecular weight excluding hydrogens is 817 g/mol. The van der Waals surface area contributed by atoms with Crippen molar-refractivity contribution in [3.63, 3.8) is 0 Å². The van der Waals surface area contributed by atoms with Crippen molar-refractivity contribution in [1.29, 1.82) is 0 Å². The fourth-order valence-corrected chi connectivity index (χ4v) is 9.20. The molecule has 0 aromatic carbocycles. The minimum absolute atomic E-state index is 0.0624. The predicted octanol–water partition coefficient (Wildman–Crippen LogP) is 19.7. The Morgan fingerprint density at radius 1 is 0.318 bits per heavy atom. The van der Waals surface area contributed by atoms with Crippen molar-refractivity contribution < 1.29 is 28.6 Å². The molecule has 0 heterocycles. The van der Waals surface area contributed by atoms with Gasteiger partial charge in [-0.25, -0.2) is 0 Å². The van der Waals surface area contributed by atoms with E-state index in [1.165, 1.54) is 225 Å². The van der Waals surface area contributed by atoms with Crippen LogP contribution >= 0.6 is 0 Å². The smallest absolute Gasteiger partial charge is 0.306 e. The second-order valence-corrected chi connectivity index (χ2v) is 21.4. The molecule has 6 heteroatoms. The number of carbonyl (C=O) groups excluding carboxylic acids is 3. The molecule has 0 saturated heterocycles. The van der Waals surface area contributed by atoms with E-state index >= 15 is 0 Å². The number of unbranched alkanes of at least 4 members (excludes halogenated alkanes) is 38. The second kappa shape index (κ2) is 52.8. The highest BCUT2D eigenvalue weighted by Gasteiger charge is 2.19. The van der Waals surface area contributed by atoms with Gasteiger partial charge in [0.05, 0.1) is 0 Å². The van der Waals surface area contributed by atoms with Crippen molar-refractivity contribution in [1.82, 2.24) is 0 Å². The largest absolute Gasteiger partial charge is 0.462 e. The fraction of sp³-hybridized carbons (Fsp3) is 0.950. The molecule has 0 spiro atoms. The van der Waals surface area contributed by atoms with Gasteiger partial charge in [-0.05, 0) is 31.1 Å². The second-order valence-electron chi connectivity index (χ2n) is 21.4. The Morgan fingerprint density at radius 2 is 0.576 bits per heavy atom. The molecule has 0 fully saturated rings. The van der Waals surface area contributed by atoms with Crippen LogP contribution in [0.5, 0.6) is 0 Å². The standard InChI is InChI=1S/C60H116O6/c1-6-8-9-10-11-12-13-18-25-30-35-40-45-50-58(61)64-53-57(66-60(63)52-47-42-37-32-27-22-16-14-19-23-28-33-38-43-48-55(3)4)54-65-59(62)51-46-41-36-31-26-21-17-15-20-24-29-34-39-44-49-56(5)7-2/h55-57H,6-54H2,1-5H3/t56?,57-/m0/s1. The van der Waals surface area contributed by atoms with Crippen LogP contribution in [0, 0.1) is 11.8 Å². The first-order valence-corrected chi connectivity index (χ1v) is 29.8. The lowest BCUT2D eigenvalue weighted by atomic mass is 9.99. The van der Waals surface area contributed by atoms with Gasteiger partial charge in [0.1, 0.15) is 13.2 Å². The molecule has 2 atom stereocenters. The highest BCUT2D eigenvalue weighted by molar-refractivity contribution is 5.71. The molecular formula is C60H116O6. The lowest BCUT2D eigenvalue weighted by Crippen LogP contribution is -2.30. The Morgan fingerprint density at radius 3 is 0.864 bits per heavy atom. The van der Waals surface area contributed by atoms with Crippen molar-refractivity contribution in [3.05, 3.63) is 0 Å². The van der Waals surface area contributed by atoms with Gasteiger partial charge in [-0.2, -0.15) is 0 Å². The topological polar surface area (TPSA) is 78.9 Å². The van der Waals surface area contributed by atoms with Crippen LogP contribution in [0.4, 0.5) is 0 Å². The zero-order valence-corrected chi connectivity index (χ0v) is 45.3. The summed E-state index contributed by atoms with van der Waals surface area (Å²) in [6.45, 7) is 11.5. The highest BCUT2D eigenvalue weighted by Crippen LogP contribution is 2.19. The quantitative estimate of drug-likeness (QED) is 0.0343. The van der Waals surface area contributed by atoms with E-state index in [0.717, 1.165) is 69.6 Å². The molecule has 0 bridgehead atoms. The Labute approximate surface area is 412 Å². The number of ether oxygens (including phenoxy) is 3. The Hall–Kier alpha value is -1.59. The van der Waals surface area contributed by atoms with Gasteiger partial charge < -0.3 is 14.2 Å². The van der Waals surface area contributed by atoms with Crippen molar-refractivity contribution >= 4 is 17.9 Å². The third kappa shape index (κ3) is 51.8. The van der Waals surface area contributed by atoms with E-state index in [2.05, 4.69) is 34.6 Å². The van der Waals surface area contributed by atoms with Gasteiger partial charge in [0, 0.05) is 19.3 Å². The van der Waals surface area contributed by atoms with Gasteiger partial charge in [-0.3, -0.25) is 14.4 Å². The molecule has 0 amide bonds. The van der Waals surface area contributed by atoms with E-state index in [0.29, 0.717) is 19.3 Å². The number of hydrogen-bond acceptors (Lipinski definition) is 6. The first kappa shape index (κ1) is 64.4. The zero-order valence-electron chi connectivity index (χ0n) is 45.3. The molecule has 0 aliphatic rings. The molecule has 1 unspecified atom stereocenters. The monoisotopic (exact) mass is 933 g/mol. The molecule has 0 radical (unpaired) electrons. The van der Waals surface area contributed by atoms with E-state index < -0.39 is 6.10 Å². The SMILES string of the molecule is CCCCCCCCCCCCCCCC(=O)OC[C@@H](COC(=O)CCCCCCCCCCCCCCCCC(C)CC)OC(=O)CCCCCCCCCCCCCCCCC(C)C. The molecule has 0 aliphatic heterocycles. The van der Waals surface area contributed by atoms with Crippen LogP contribution in [0.25, 0.3) is 0 Å². The molecule has 0 aliphatic carbocycles. The normalized spacial score (nSPS) is 12.5. The summed E-state index contributed by atoms with van der Waals surface area (Å²) in [4.78, 5) is 38.2. The highest BCUT2D eigenvalue weighted by atomic mass is 16.6. The lowest BCUT2D eigenvalue weighted by molar-refractivity contribution is -0.167. The summed E-state index contributed by atoms with van der Waals surface area (Å²) in [7, 11) is 0. The molecule has 392 valence electrons. The van der Waals surface area contributed by atoms with Crippen LogP contribution in [-0.4, -0.2) is 37.2 Å². The number of hydrogen-bond donors (Lipinski definition) is 0. The van der Waals surface area contributed by atoms with Crippen LogP contribution in [0.15, 0.2) is 0 Å². The lowest BCUT2D eigenvalue weighted by Gasteiger charge is -2.18. The minimum Gasteiger partial charge on any atom is -0.462 e. The average Bonchev–Trinajstić information content (AvgIpc) is 3.30. The van der Waals surface area contributed by atoms with Gasteiger partial charge in [0.15, 0.2) is 6.10 Å². The maximum atomic E-state index is 12.9. The predicted molar refractivity (Wildman–Crippen MR) is 284 cm³/mol. The molecule has 0 N–H and O–H groups in total. The third-order valence-corrected chi connectivity index (χ3v) is 14.1. The Bertz CT molecular complexity index is 1010. The first-order chi connectivity index (χ1) is 32.3. The summed E-state index contributed by atoms with van der Waals surface area (Å²) in [6.07, 6.45) is 56.6. The van der Waals surface area contributed by atoms with Gasteiger partial charge >= 0.3 is 17.9 Å². The summed E-state index contributed by atoms with van der Waals surface area (Å²) in [5.41, 5.74) is 0. The maximum absolute atomic E-state index is 12.9. The van der Waals surface area contributed by atoms with Crippen molar-refractivity contribution in [2.45, 2.75) is 343 Å². The average molecular weight is 934 g/mol. The molecule has 0 rings (SSSR count). The van der Waals surface area contributed by atoms with Crippen molar-refractivity contribution in [2.24, 2.45) is 11.8 Å². The molecule has 0 aromatic rings. The van der Waals surface area contributed by atoms with E-state index in [1.807, 2.05) is 0 Å². The van der Waals surface area contributed by atoms with Gasteiger partial charge in [-0.15, -0.1) is 0 Å². The summed E-state index contributed by atoms with van der Waals surface area (Å²) in [5.74, 6) is 0.903. The van der Waals surface area contributed by atoms with Gasteiger partial charge in [0.25, 0.3) is 0 Å². The summed E-state index contributed by atoms with van der Waals surface area (Å²) >= 11 is 0. The van der Waals surface area contributed by atoms with Gasteiger partial charge in [-0.1, -0.05) is 298 Å². The maximum Gasteiger partial charge on any atom is 0.306 e. The molecule has 66 heavy (non-hydrogen) atoms. The first-order valence-electron chi connectivity index (χ1n) is 29.8. The summed E-state index contributed by atoms with van der Waals surface area (Å²) in [6, 6.07) is 0. The van der Waals surface area contributed by atoms with Crippen LogP contribution < -0.4 is 0 Å². The number of carbonyl (C=O) groups is 3. The van der Waals surface area contributed by atoms with Crippen molar-refractivity contribution in [3.8, 4) is 0 Å². The van der Waals surface area contributed by atoms with Crippen LogP contribution in [0.1, 0.15) is 336 Å². The Balaban J connectivity index is 4.29. The third-order valence-electron chi connectivity index (χ3n) is 14.1. The molecule has 0 aromatic heterocycles. The number of esters is 3. The van der Waals surface area contributed by atoms with E-state index in [9.17, 15) is 14.4 Å². The van der Waals surface area contributed by atoms with Crippen LogP contribution in [0.3, 0.4) is 0 Å². The van der Waals surface area contributed by atoms with E-state index in [-0.39, 0.29) is 31.1 Å². The fourth-order valence-electron chi connectivity index (χ4n) is 9.20. The van der Waals surface area contributed by atoms with Gasteiger partial charge in [0.2, 0.25) is 0 Å². The minimum atomic E-state index is -0.763. The molecule has 6 nitrogen and oxygen atoms in total.